The van der Waals surface area contributed by atoms with Crippen LogP contribution in [0.3, 0.4) is 0 Å². The number of hydrogen-bond acceptors (Lipinski definition) is 3. The van der Waals surface area contributed by atoms with Crippen molar-refractivity contribution in [2.24, 2.45) is 5.92 Å². The van der Waals surface area contributed by atoms with Crippen LogP contribution in [0.1, 0.15) is 19.8 Å². The average Bonchev–Trinajstić information content (AvgIpc) is 2.33. The number of aliphatic hydroxyl groups is 1. The average molecular weight is 415 g/mol. The monoisotopic (exact) mass is 413 g/mol. The molecule has 0 spiro atoms. The van der Waals surface area contributed by atoms with Gasteiger partial charge in [0.2, 0.25) is 10.0 Å². The third-order valence-electron chi connectivity index (χ3n) is 2.66. The van der Waals surface area contributed by atoms with Gasteiger partial charge in [0.05, 0.1) is 4.90 Å². The molecule has 0 saturated heterocycles. The Bertz CT molecular complexity index is 520. The van der Waals surface area contributed by atoms with Gasteiger partial charge < -0.3 is 5.11 Å². The summed E-state index contributed by atoms with van der Waals surface area (Å²) in [5.74, 6) is 0.198. The molecule has 1 rings (SSSR count). The molecule has 1 aromatic rings. The Morgan fingerprint density at radius 2 is 2.05 bits per heavy atom. The molecule has 19 heavy (non-hydrogen) atoms. The van der Waals surface area contributed by atoms with Crippen molar-refractivity contribution in [1.82, 2.24) is 4.72 Å². The SMILES string of the molecule is CC(CO)CCCNS(=O)(=O)c1ccc(Br)cc1Br. The maximum absolute atomic E-state index is 12.1. The van der Waals surface area contributed by atoms with Gasteiger partial charge in [-0.2, -0.15) is 0 Å². The van der Waals surface area contributed by atoms with E-state index in [0.29, 0.717) is 17.4 Å². The Morgan fingerprint density at radius 3 is 2.63 bits per heavy atom. The molecular weight excluding hydrogens is 398 g/mol. The number of rotatable bonds is 7. The van der Waals surface area contributed by atoms with Crippen molar-refractivity contribution in [1.29, 1.82) is 0 Å². The van der Waals surface area contributed by atoms with E-state index in [4.69, 9.17) is 5.11 Å². The normalized spacial score (nSPS) is 13.5. The zero-order chi connectivity index (χ0) is 14.5. The summed E-state index contributed by atoms with van der Waals surface area (Å²) in [4.78, 5) is 0.228. The molecule has 0 aromatic heterocycles. The quantitative estimate of drug-likeness (QED) is 0.674. The number of halogens is 2. The van der Waals surface area contributed by atoms with Gasteiger partial charge in [-0.25, -0.2) is 13.1 Å². The lowest BCUT2D eigenvalue weighted by atomic mass is 10.1. The summed E-state index contributed by atoms with van der Waals surface area (Å²) in [5.41, 5.74) is 0. The maximum atomic E-state index is 12.1. The third-order valence-corrected chi connectivity index (χ3v) is 5.59. The van der Waals surface area contributed by atoms with Gasteiger partial charge in [-0.3, -0.25) is 0 Å². The zero-order valence-corrected chi connectivity index (χ0v) is 14.6. The fourth-order valence-corrected chi connectivity index (χ4v) is 4.34. The molecule has 1 atom stereocenters. The summed E-state index contributed by atoms with van der Waals surface area (Å²) in [6.07, 6.45) is 1.50. The van der Waals surface area contributed by atoms with Crippen LogP contribution in [0.2, 0.25) is 0 Å². The molecule has 2 N–H and O–H groups in total. The number of benzene rings is 1. The zero-order valence-electron chi connectivity index (χ0n) is 10.6. The molecule has 0 heterocycles. The van der Waals surface area contributed by atoms with Crippen LogP contribution in [0.4, 0.5) is 0 Å². The summed E-state index contributed by atoms with van der Waals surface area (Å²) in [7, 11) is -3.49. The van der Waals surface area contributed by atoms with Gasteiger partial charge in [-0.05, 0) is 52.9 Å². The minimum atomic E-state index is -3.49. The second-order valence-corrected chi connectivity index (χ2v) is 7.91. The molecule has 0 bridgehead atoms. The van der Waals surface area contributed by atoms with Crippen LogP contribution in [0, 0.1) is 5.92 Å². The fraction of sp³-hybridized carbons (Fsp3) is 0.500. The van der Waals surface area contributed by atoms with E-state index in [2.05, 4.69) is 36.6 Å². The molecule has 4 nitrogen and oxygen atoms in total. The highest BCUT2D eigenvalue weighted by Gasteiger charge is 2.17. The van der Waals surface area contributed by atoms with E-state index < -0.39 is 10.0 Å². The highest BCUT2D eigenvalue weighted by Crippen LogP contribution is 2.25. The second-order valence-electron chi connectivity index (χ2n) is 4.40. The summed E-state index contributed by atoms with van der Waals surface area (Å²) in [5, 5.41) is 8.89. The van der Waals surface area contributed by atoms with Crippen LogP contribution in [0.5, 0.6) is 0 Å². The Morgan fingerprint density at radius 1 is 1.37 bits per heavy atom. The van der Waals surface area contributed by atoms with Gasteiger partial charge >= 0.3 is 0 Å². The first-order chi connectivity index (χ1) is 8.86. The van der Waals surface area contributed by atoms with E-state index in [1.165, 1.54) is 0 Å². The molecule has 1 unspecified atom stereocenters. The Labute approximate surface area is 130 Å². The first kappa shape index (κ1) is 17.1. The Kier molecular flexibility index (Phi) is 6.96. The summed E-state index contributed by atoms with van der Waals surface area (Å²) >= 11 is 6.53. The van der Waals surface area contributed by atoms with Gasteiger partial charge in [0, 0.05) is 22.1 Å². The van der Waals surface area contributed by atoms with Gasteiger partial charge in [0.15, 0.2) is 0 Å². The van der Waals surface area contributed by atoms with Crippen LogP contribution >= 0.6 is 31.9 Å². The number of hydrogen-bond donors (Lipinski definition) is 2. The van der Waals surface area contributed by atoms with Crippen LogP contribution in [-0.4, -0.2) is 26.7 Å². The van der Waals surface area contributed by atoms with Crippen LogP contribution in [0.15, 0.2) is 32.0 Å². The topological polar surface area (TPSA) is 66.4 Å². The summed E-state index contributed by atoms with van der Waals surface area (Å²) < 4.78 is 28.0. The second kappa shape index (κ2) is 7.73. The number of sulfonamides is 1. The van der Waals surface area contributed by atoms with Gasteiger partial charge in [0.25, 0.3) is 0 Å². The highest BCUT2D eigenvalue weighted by atomic mass is 79.9. The van der Waals surface area contributed by atoms with Crippen molar-refractivity contribution in [3.63, 3.8) is 0 Å². The van der Waals surface area contributed by atoms with E-state index in [1.807, 2.05) is 6.92 Å². The van der Waals surface area contributed by atoms with Crippen molar-refractivity contribution >= 4 is 41.9 Å². The molecule has 0 aliphatic rings. The van der Waals surface area contributed by atoms with E-state index in [9.17, 15) is 8.42 Å². The lowest BCUT2D eigenvalue weighted by Gasteiger charge is -2.10. The van der Waals surface area contributed by atoms with Gasteiger partial charge in [-0.1, -0.05) is 22.9 Å². The maximum Gasteiger partial charge on any atom is 0.241 e. The summed E-state index contributed by atoms with van der Waals surface area (Å²) in [6, 6.07) is 4.93. The molecule has 108 valence electrons. The van der Waals surface area contributed by atoms with Gasteiger partial charge in [-0.15, -0.1) is 0 Å². The number of nitrogens with one attached hydrogen (secondary N) is 1. The molecule has 0 radical (unpaired) electrons. The number of aliphatic hydroxyl groups excluding tert-OH is 1. The van der Waals surface area contributed by atoms with Crippen molar-refractivity contribution < 1.29 is 13.5 Å². The van der Waals surface area contributed by atoms with Crippen LogP contribution < -0.4 is 4.72 Å². The molecule has 1 aromatic carbocycles. The molecular formula is C12H17Br2NO3S. The molecule has 0 aliphatic carbocycles. The standard InChI is InChI=1S/C12H17Br2NO3S/c1-9(8-16)3-2-6-15-19(17,18)12-5-4-10(13)7-11(12)14/h4-5,7,9,15-16H,2-3,6,8H2,1H3. The minimum Gasteiger partial charge on any atom is -0.396 e. The first-order valence-corrected chi connectivity index (χ1v) is 8.99. The van der Waals surface area contributed by atoms with E-state index in [1.54, 1.807) is 18.2 Å². The van der Waals surface area contributed by atoms with Crippen LogP contribution in [-0.2, 0) is 10.0 Å². The van der Waals surface area contributed by atoms with Crippen molar-refractivity contribution in [2.45, 2.75) is 24.7 Å². The minimum absolute atomic E-state index is 0.130. The molecule has 0 amide bonds. The molecule has 0 saturated carbocycles. The molecule has 7 heteroatoms. The Balaban J connectivity index is 2.61. The van der Waals surface area contributed by atoms with E-state index >= 15 is 0 Å². The highest BCUT2D eigenvalue weighted by molar-refractivity contribution is 9.11. The fourth-order valence-electron chi connectivity index (χ4n) is 1.52. The molecule has 0 fully saturated rings. The lowest BCUT2D eigenvalue weighted by molar-refractivity contribution is 0.228. The Hall–Kier alpha value is 0.0500. The van der Waals surface area contributed by atoms with Crippen molar-refractivity contribution in [3.8, 4) is 0 Å². The lowest BCUT2D eigenvalue weighted by Crippen LogP contribution is -2.25. The predicted molar refractivity (Wildman–Crippen MR) is 82.5 cm³/mol. The van der Waals surface area contributed by atoms with Gasteiger partial charge in [0.1, 0.15) is 0 Å². The van der Waals surface area contributed by atoms with Crippen LogP contribution in [0.25, 0.3) is 0 Å². The van der Waals surface area contributed by atoms with E-state index in [0.717, 1.165) is 10.9 Å². The first-order valence-electron chi connectivity index (χ1n) is 5.92. The smallest absolute Gasteiger partial charge is 0.241 e. The summed E-state index contributed by atoms with van der Waals surface area (Å²) in [6.45, 7) is 2.43. The van der Waals surface area contributed by atoms with E-state index in [-0.39, 0.29) is 17.4 Å². The molecule has 0 aliphatic heterocycles. The third kappa shape index (κ3) is 5.51. The predicted octanol–water partition coefficient (Wildman–Crippen LogP) is 2.90. The largest absolute Gasteiger partial charge is 0.396 e. The van der Waals surface area contributed by atoms with Crippen molar-refractivity contribution in [2.75, 3.05) is 13.2 Å². The van der Waals surface area contributed by atoms with Crippen molar-refractivity contribution in [3.05, 3.63) is 27.1 Å².